The highest BCUT2D eigenvalue weighted by atomic mass is 32.2. The van der Waals surface area contributed by atoms with Crippen LogP contribution in [0.25, 0.3) is 11.3 Å². The predicted molar refractivity (Wildman–Crippen MR) is 159 cm³/mol. The number of thioether (sulfide) groups is 1. The van der Waals surface area contributed by atoms with E-state index in [1.54, 1.807) is 0 Å². The average Bonchev–Trinajstić information content (AvgIpc) is 3.03. The van der Waals surface area contributed by atoms with Gasteiger partial charge in [0.05, 0.1) is 0 Å². The van der Waals surface area contributed by atoms with Crippen molar-refractivity contribution in [2.75, 3.05) is 5.32 Å². The van der Waals surface area contributed by atoms with Crippen molar-refractivity contribution in [1.29, 1.82) is 0 Å². The second-order valence-electron chi connectivity index (χ2n) is 12.2. The van der Waals surface area contributed by atoms with Crippen molar-refractivity contribution >= 4 is 17.4 Å². The van der Waals surface area contributed by atoms with Gasteiger partial charge in [0.1, 0.15) is 5.75 Å². The van der Waals surface area contributed by atoms with Crippen LogP contribution in [0.3, 0.4) is 0 Å². The molecule has 5 rings (SSSR count). The number of hydrogen-bond donors (Lipinski definition) is 2. The Balaban J connectivity index is 1.57. The number of rotatable bonds is 4. The van der Waals surface area contributed by atoms with Crippen molar-refractivity contribution in [3.63, 3.8) is 0 Å². The van der Waals surface area contributed by atoms with Crippen molar-refractivity contribution in [3.8, 4) is 22.9 Å². The molecule has 0 fully saturated rings. The number of hydrogen-bond acceptors (Lipinski definition) is 7. The fourth-order valence-electron chi connectivity index (χ4n) is 4.64. The van der Waals surface area contributed by atoms with Crippen LogP contribution in [0.5, 0.6) is 11.6 Å². The van der Waals surface area contributed by atoms with Gasteiger partial charge < -0.3 is 15.2 Å². The molecule has 7 heteroatoms. The summed E-state index contributed by atoms with van der Waals surface area (Å²) in [6, 6.07) is 20.5. The number of aromatic nitrogens is 3. The summed E-state index contributed by atoms with van der Waals surface area (Å²) in [6.45, 7) is 14.7. The Hall–Kier alpha value is -3.58. The summed E-state index contributed by atoms with van der Waals surface area (Å²) in [5.41, 5.74) is 6.96. The van der Waals surface area contributed by atoms with Gasteiger partial charge in [-0.05, 0) is 41.5 Å². The van der Waals surface area contributed by atoms with Crippen molar-refractivity contribution < 1.29 is 9.84 Å². The van der Waals surface area contributed by atoms with Crippen molar-refractivity contribution in [3.05, 3.63) is 88.5 Å². The van der Waals surface area contributed by atoms with E-state index in [-0.39, 0.29) is 10.8 Å². The summed E-state index contributed by atoms with van der Waals surface area (Å²) in [4.78, 5) is 4.82. The van der Waals surface area contributed by atoms with E-state index < -0.39 is 6.23 Å². The molecule has 2 heterocycles. The van der Waals surface area contributed by atoms with Crippen LogP contribution >= 0.6 is 11.8 Å². The van der Waals surface area contributed by atoms with Gasteiger partial charge in [-0.15, -0.1) is 10.2 Å². The molecule has 39 heavy (non-hydrogen) atoms. The molecule has 6 nitrogen and oxygen atoms in total. The topological polar surface area (TPSA) is 80.2 Å². The first kappa shape index (κ1) is 27.0. The maximum Gasteiger partial charge on any atom is 0.247 e. The highest BCUT2D eigenvalue weighted by Crippen LogP contribution is 2.44. The minimum absolute atomic E-state index is 0.260. The average molecular weight is 541 g/mol. The first-order valence-electron chi connectivity index (χ1n) is 13.2. The maximum absolute atomic E-state index is 11.3. The van der Waals surface area contributed by atoms with Gasteiger partial charge in [0.25, 0.3) is 0 Å². The van der Waals surface area contributed by atoms with Crippen LogP contribution in [0.4, 0.5) is 5.69 Å². The third-order valence-electron chi connectivity index (χ3n) is 6.87. The van der Waals surface area contributed by atoms with Gasteiger partial charge in [0.2, 0.25) is 11.0 Å². The lowest BCUT2D eigenvalue weighted by Crippen LogP contribution is -2.22. The quantitative estimate of drug-likeness (QED) is 0.254. The SMILES string of the molecule is Cc1ccc(CSc2nnc3c(n2)OC(c2cc(C(C)(C)C)c(O)c(C(C)(C)C)c2)Nc2ccccc2-3)cc1. The monoisotopic (exact) mass is 540 g/mol. The number of fused-ring (bicyclic) bond motifs is 3. The molecule has 0 spiro atoms. The molecule has 0 saturated carbocycles. The van der Waals surface area contributed by atoms with E-state index in [0.29, 0.717) is 22.5 Å². The van der Waals surface area contributed by atoms with E-state index in [9.17, 15) is 5.11 Å². The Morgan fingerprint density at radius 1 is 0.897 bits per heavy atom. The van der Waals surface area contributed by atoms with Gasteiger partial charge >= 0.3 is 0 Å². The molecular weight excluding hydrogens is 504 g/mol. The fourth-order valence-corrected chi connectivity index (χ4v) is 5.38. The van der Waals surface area contributed by atoms with Crippen LogP contribution in [-0.2, 0) is 16.6 Å². The van der Waals surface area contributed by atoms with Gasteiger partial charge in [-0.2, -0.15) is 4.98 Å². The summed E-state index contributed by atoms with van der Waals surface area (Å²) in [7, 11) is 0. The second kappa shape index (κ2) is 10.2. The zero-order valence-corrected chi connectivity index (χ0v) is 24.5. The van der Waals surface area contributed by atoms with Gasteiger partial charge in [0.15, 0.2) is 11.9 Å². The smallest absolute Gasteiger partial charge is 0.247 e. The number of benzene rings is 3. The lowest BCUT2D eigenvalue weighted by atomic mass is 9.78. The zero-order valence-electron chi connectivity index (χ0n) is 23.7. The van der Waals surface area contributed by atoms with Crippen molar-refractivity contribution in [1.82, 2.24) is 15.2 Å². The molecule has 4 aromatic rings. The standard InChI is InChI=1S/C32H36N4O2S/c1-19-12-14-20(15-13-19)18-39-30-34-29-26(35-36-30)22-10-8-9-11-25(22)33-28(38-29)21-16-23(31(2,3)4)27(37)24(17-21)32(5,6)7/h8-17,28,33,37H,18H2,1-7H3. The Kier molecular flexibility index (Phi) is 7.06. The lowest BCUT2D eigenvalue weighted by Gasteiger charge is -2.30. The number of phenolic OH excluding ortho intramolecular Hbond substituents is 1. The lowest BCUT2D eigenvalue weighted by molar-refractivity contribution is 0.224. The Morgan fingerprint density at radius 2 is 1.54 bits per heavy atom. The largest absolute Gasteiger partial charge is 0.507 e. The molecule has 202 valence electrons. The van der Waals surface area contributed by atoms with Crippen LogP contribution < -0.4 is 10.1 Å². The van der Waals surface area contributed by atoms with Crippen LogP contribution in [0.15, 0.2) is 65.8 Å². The summed E-state index contributed by atoms with van der Waals surface area (Å²) in [5, 5.41) is 24.4. The molecule has 1 unspecified atom stereocenters. The molecule has 1 aliphatic heterocycles. The fraction of sp³-hybridized carbons (Fsp3) is 0.344. The third kappa shape index (κ3) is 5.74. The molecule has 0 aliphatic carbocycles. The van der Waals surface area contributed by atoms with E-state index in [0.717, 1.165) is 33.7 Å². The van der Waals surface area contributed by atoms with Crippen LogP contribution in [0, 0.1) is 6.92 Å². The van der Waals surface area contributed by atoms with Crippen LogP contribution in [0.1, 0.15) is 75.6 Å². The number of nitrogens with zero attached hydrogens (tertiary/aromatic N) is 3. The first-order chi connectivity index (χ1) is 18.4. The van der Waals surface area contributed by atoms with Crippen LogP contribution in [0.2, 0.25) is 0 Å². The molecule has 3 aromatic carbocycles. The van der Waals surface area contributed by atoms with Crippen LogP contribution in [-0.4, -0.2) is 20.3 Å². The molecule has 0 radical (unpaired) electrons. The number of ether oxygens (including phenoxy) is 1. The molecule has 0 saturated heterocycles. The number of anilines is 1. The molecule has 1 aromatic heterocycles. The van der Waals surface area contributed by atoms with E-state index in [4.69, 9.17) is 9.72 Å². The number of nitrogens with one attached hydrogen (secondary N) is 1. The van der Waals surface area contributed by atoms with Gasteiger partial charge in [0, 0.05) is 33.7 Å². The summed E-state index contributed by atoms with van der Waals surface area (Å²) >= 11 is 1.53. The predicted octanol–water partition coefficient (Wildman–Crippen LogP) is 7.94. The summed E-state index contributed by atoms with van der Waals surface area (Å²) in [5.74, 6) is 1.51. The molecule has 1 aliphatic rings. The molecule has 2 N–H and O–H groups in total. The Morgan fingerprint density at radius 3 is 2.18 bits per heavy atom. The normalized spacial score (nSPS) is 15.0. The summed E-state index contributed by atoms with van der Waals surface area (Å²) < 4.78 is 6.59. The Bertz CT molecular complexity index is 1470. The molecule has 0 bridgehead atoms. The van der Waals surface area contributed by atoms with Gasteiger partial charge in [-0.3, -0.25) is 0 Å². The number of aromatic hydroxyl groups is 1. The molecule has 1 atom stereocenters. The first-order valence-corrected chi connectivity index (χ1v) is 14.2. The van der Waals surface area contributed by atoms with Gasteiger partial charge in [-0.1, -0.05) is 101 Å². The second-order valence-corrected chi connectivity index (χ2v) is 13.1. The van der Waals surface area contributed by atoms with E-state index in [2.05, 4.69) is 88.2 Å². The highest BCUT2D eigenvalue weighted by molar-refractivity contribution is 7.98. The minimum atomic E-state index is -0.540. The maximum atomic E-state index is 11.3. The zero-order chi connectivity index (χ0) is 27.9. The number of para-hydroxylation sites is 1. The van der Waals surface area contributed by atoms with E-state index >= 15 is 0 Å². The highest BCUT2D eigenvalue weighted by Gasteiger charge is 2.31. The molecule has 0 amide bonds. The molecular formula is C32H36N4O2S. The van der Waals surface area contributed by atoms with E-state index in [1.165, 1.54) is 22.9 Å². The van der Waals surface area contributed by atoms with Crippen molar-refractivity contribution in [2.45, 2.75) is 76.4 Å². The number of phenols is 1. The van der Waals surface area contributed by atoms with Gasteiger partial charge in [-0.25, -0.2) is 0 Å². The number of aryl methyl sites for hydroxylation is 1. The third-order valence-corrected chi connectivity index (χ3v) is 7.78. The van der Waals surface area contributed by atoms with Crippen molar-refractivity contribution in [2.24, 2.45) is 0 Å². The summed E-state index contributed by atoms with van der Waals surface area (Å²) in [6.07, 6.45) is -0.540. The Labute approximate surface area is 235 Å². The van der Waals surface area contributed by atoms with E-state index in [1.807, 2.05) is 36.4 Å². The minimum Gasteiger partial charge on any atom is -0.507 e.